The van der Waals surface area contributed by atoms with E-state index in [1.54, 1.807) is 11.0 Å². The SMILES string of the molecule is CC(C)(C)OC(=O)N1CCCC1/C=C/CO. The molecular formula is C12H21NO3. The van der Waals surface area contributed by atoms with Crippen LogP contribution in [-0.4, -0.2) is 40.9 Å². The molecule has 1 rings (SSSR count). The monoisotopic (exact) mass is 227 g/mol. The van der Waals surface area contributed by atoms with Gasteiger partial charge in [-0.15, -0.1) is 0 Å². The topological polar surface area (TPSA) is 49.8 Å². The molecule has 1 saturated heterocycles. The maximum atomic E-state index is 11.8. The Morgan fingerprint density at radius 3 is 2.81 bits per heavy atom. The van der Waals surface area contributed by atoms with Gasteiger partial charge in [0.25, 0.3) is 0 Å². The Morgan fingerprint density at radius 1 is 1.56 bits per heavy atom. The van der Waals surface area contributed by atoms with Crippen LogP contribution < -0.4 is 0 Å². The fraction of sp³-hybridized carbons (Fsp3) is 0.750. The zero-order valence-electron chi connectivity index (χ0n) is 10.3. The van der Waals surface area contributed by atoms with Crippen molar-refractivity contribution in [3.8, 4) is 0 Å². The van der Waals surface area contributed by atoms with Crippen molar-refractivity contribution in [1.82, 2.24) is 4.90 Å². The number of carbonyl (C=O) groups excluding carboxylic acids is 1. The summed E-state index contributed by atoms with van der Waals surface area (Å²) in [6, 6.07) is 0.0713. The zero-order chi connectivity index (χ0) is 12.2. The van der Waals surface area contributed by atoms with Gasteiger partial charge in [0, 0.05) is 6.54 Å². The highest BCUT2D eigenvalue weighted by atomic mass is 16.6. The Bertz CT molecular complexity index is 268. The number of ether oxygens (including phenoxy) is 1. The number of carbonyl (C=O) groups is 1. The van der Waals surface area contributed by atoms with Gasteiger partial charge in [-0.25, -0.2) is 4.79 Å². The number of amides is 1. The Hall–Kier alpha value is -1.03. The van der Waals surface area contributed by atoms with Gasteiger partial charge >= 0.3 is 6.09 Å². The van der Waals surface area contributed by atoms with Crippen molar-refractivity contribution in [2.75, 3.05) is 13.2 Å². The number of hydrogen-bond acceptors (Lipinski definition) is 3. The first-order chi connectivity index (χ1) is 7.44. The van der Waals surface area contributed by atoms with E-state index in [-0.39, 0.29) is 18.7 Å². The van der Waals surface area contributed by atoms with E-state index in [2.05, 4.69) is 0 Å². The molecule has 0 spiro atoms. The molecule has 16 heavy (non-hydrogen) atoms. The van der Waals surface area contributed by atoms with Crippen LogP contribution in [0.25, 0.3) is 0 Å². The third-order valence-corrected chi connectivity index (χ3v) is 2.39. The van der Waals surface area contributed by atoms with Gasteiger partial charge in [-0.05, 0) is 33.6 Å². The van der Waals surface area contributed by atoms with Crippen LogP contribution in [0.5, 0.6) is 0 Å². The van der Waals surface area contributed by atoms with Crippen LogP contribution in [0.2, 0.25) is 0 Å². The molecule has 1 aliphatic heterocycles. The number of likely N-dealkylation sites (tertiary alicyclic amines) is 1. The third kappa shape index (κ3) is 3.85. The van der Waals surface area contributed by atoms with Crippen LogP contribution in [0.4, 0.5) is 4.79 Å². The number of aliphatic hydroxyl groups excluding tert-OH is 1. The molecule has 0 radical (unpaired) electrons. The van der Waals surface area contributed by atoms with Crippen LogP contribution in [0.3, 0.4) is 0 Å². The Kier molecular flexibility index (Phi) is 4.35. The molecule has 4 nitrogen and oxygen atoms in total. The van der Waals surface area contributed by atoms with E-state index in [4.69, 9.17) is 9.84 Å². The van der Waals surface area contributed by atoms with Gasteiger partial charge in [-0.3, -0.25) is 0 Å². The molecule has 1 amide bonds. The smallest absolute Gasteiger partial charge is 0.410 e. The van der Waals surface area contributed by atoms with E-state index < -0.39 is 5.60 Å². The lowest BCUT2D eigenvalue weighted by molar-refractivity contribution is 0.0255. The van der Waals surface area contributed by atoms with Gasteiger partial charge in [0.05, 0.1) is 12.6 Å². The molecule has 0 aliphatic carbocycles. The minimum Gasteiger partial charge on any atom is -0.444 e. The van der Waals surface area contributed by atoms with E-state index in [1.807, 2.05) is 26.8 Å². The van der Waals surface area contributed by atoms with E-state index in [9.17, 15) is 4.79 Å². The first kappa shape index (κ1) is 13.0. The largest absolute Gasteiger partial charge is 0.444 e. The zero-order valence-corrected chi connectivity index (χ0v) is 10.3. The van der Waals surface area contributed by atoms with Crippen molar-refractivity contribution in [2.45, 2.75) is 45.3 Å². The molecule has 0 aromatic rings. The quantitative estimate of drug-likeness (QED) is 0.733. The maximum absolute atomic E-state index is 11.8. The minimum absolute atomic E-state index is 0.0126. The average molecular weight is 227 g/mol. The molecule has 0 saturated carbocycles. The highest BCUT2D eigenvalue weighted by Gasteiger charge is 2.30. The Morgan fingerprint density at radius 2 is 2.25 bits per heavy atom. The summed E-state index contributed by atoms with van der Waals surface area (Å²) in [6.07, 6.45) is 5.21. The second-order valence-corrected chi connectivity index (χ2v) is 4.99. The van der Waals surface area contributed by atoms with E-state index in [0.29, 0.717) is 0 Å². The summed E-state index contributed by atoms with van der Waals surface area (Å²) in [5, 5.41) is 8.72. The van der Waals surface area contributed by atoms with Crippen molar-refractivity contribution in [2.24, 2.45) is 0 Å². The highest BCUT2D eigenvalue weighted by Crippen LogP contribution is 2.21. The van der Waals surface area contributed by atoms with Crippen LogP contribution in [-0.2, 0) is 4.74 Å². The summed E-state index contributed by atoms with van der Waals surface area (Å²) in [5.41, 5.74) is -0.453. The molecule has 0 aromatic heterocycles. The fourth-order valence-corrected chi connectivity index (χ4v) is 1.76. The van der Waals surface area contributed by atoms with Crippen molar-refractivity contribution in [3.63, 3.8) is 0 Å². The van der Waals surface area contributed by atoms with Crippen LogP contribution in [0.15, 0.2) is 12.2 Å². The molecule has 4 heteroatoms. The molecule has 1 heterocycles. The predicted molar refractivity (Wildman–Crippen MR) is 62.2 cm³/mol. The van der Waals surface area contributed by atoms with Gasteiger partial charge in [0.15, 0.2) is 0 Å². The van der Waals surface area contributed by atoms with Crippen molar-refractivity contribution in [3.05, 3.63) is 12.2 Å². The number of aliphatic hydroxyl groups is 1. The van der Waals surface area contributed by atoms with Crippen LogP contribution >= 0.6 is 0 Å². The number of hydrogen-bond donors (Lipinski definition) is 1. The Labute approximate surface area is 96.9 Å². The van der Waals surface area contributed by atoms with Gasteiger partial charge in [0.2, 0.25) is 0 Å². The van der Waals surface area contributed by atoms with Crippen molar-refractivity contribution < 1.29 is 14.6 Å². The molecule has 1 N–H and O–H groups in total. The first-order valence-electron chi connectivity index (χ1n) is 5.71. The number of rotatable bonds is 2. The molecule has 1 unspecified atom stereocenters. The van der Waals surface area contributed by atoms with E-state index in [1.165, 1.54) is 0 Å². The Balaban J connectivity index is 2.57. The molecule has 1 aliphatic rings. The summed E-state index contributed by atoms with van der Waals surface area (Å²) in [5.74, 6) is 0. The highest BCUT2D eigenvalue weighted by molar-refractivity contribution is 5.69. The molecular weight excluding hydrogens is 206 g/mol. The van der Waals surface area contributed by atoms with Crippen LogP contribution in [0, 0.1) is 0 Å². The minimum atomic E-state index is -0.453. The molecule has 92 valence electrons. The summed E-state index contributed by atoms with van der Waals surface area (Å²) >= 11 is 0. The summed E-state index contributed by atoms with van der Waals surface area (Å²) in [4.78, 5) is 13.6. The lowest BCUT2D eigenvalue weighted by atomic mass is 10.2. The van der Waals surface area contributed by atoms with Gasteiger partial charge < -0.3 is 14.7 Å². The molecule has 0 aromatic carbocycles. The maximum Gasteiger partial charge on any atom is 0.410 e. The number of nitrogens with zero attached hydrogens (tertiary/aromatic N) is 1. The van der Waals surface area contributed by atoms with Crippen molar-refractivity contribution >= 4 is 6.09 Å². The summed E-state index contributed by atoms with van der Waals surface area (Å²) in [7, 11) is 0. The lowest BCUT2D eigenvalue weighted by Gasteiger charge is -2.27. The van der Waals surface area contributed by atoms with Crippen LogP contribution in [0.1, 0.15) is 33.6 Å². The summed E-state index contributed by atoms with van der Waals surface area (Å²) in [6.45, 7) is 6.33. The third-order valence-electron chi connectivity index (χ3n) is 2.39. The first-order valence-corrected chi connectivity index (χ1v) is 5.71. The van der Waals surface area contributed by atoms with Gasteiger partial charge in [0.1, 0.15) is 5.60 Å². The van der Waals surface area contributed by atoms with E-state index in [0.717, 1.165) is 19.4 Å². The molecule has 0 bridgehead atoms. The van der Waals surface area contributed by atoms with Gasteiger partial charge in [-0.1, -0.05) is 12.2 Å². The molecule has 1 fully saturated rings. The lowest BCUT2D eigenvalue weighted by Crippen LogP contribution is -2.39. The average Bonchev–Trinajstić information content (AvgIpc) is 2.59. The molecule has 1 atom stereocenters. The van der Waals surface area contributed by atoms with Crippen molar-refractivity contribution in [1.29, 1.82) is 0 Å². The normalized spacial score (nSPS) is 21.8. The van der Waals surface area contributed by atoms with Gasteiger partial charge in [-0.2, -0.15) is 0 Å². The fourth-order valence-electron chi connectivity index (χ4n) is 1.76. The predicted octanol–water partition coefficient (Wildman–Crippen LogP) is 1.93. The van der Waals surface area contributed by atoms with E-state index >= 15 is 0 Å². The standard InChI is InChI=1S/C12H21NO3/c1-12(2,3)16-11(15)13-8-4-6-10(13)7-5-9-14/h5,7,10,14H,4,6,8-9H2,1-3H3/b7-5+. The second kappa shape index (κ2) is 5.34. The second-order valence-electron chi connectivity index (χ2n) is 4.99. The summed E-state index contributed by atoms with van der Waals surface area (Å²) < 4.78 is 5.32.